The molecule has 0 fully saturated rings. The molecule has 0 bridgehead atoms. The number of amides is 1. The third-order valence-corrected chi connectivity index (χ3v) is 2.84. The molecule has 1 amide bonds. The zero-order valence-corrected chi connectivity index (χ0v) is 11.8. The van der Waals surface area contributed by atoms with Crippen LogP contribution in [0.2, 0.25) is 0 Å². The zero-order valence-electron chi connectivity index (χ0n) is 11.8. The van der Waals surface area contributed by atoms with Crippen molar-refractivity contribution in [3.8, 4) is 17.6 Å². The Morgan fingerprint density at radius 2 is 1.86 bits per heavy atom. The van der Waals surface area contributed by atoms with Crippen LogP contribution in [-0.2, 0) is 0 Å². The van der Waals surface area contributed by atoms with Gasteiger partial charge in [0.2, 0.25) is 0 Å². The predicted molar refractivity (Wildman–Crippen MR) is 78.6 cm³/mol. The number of halogens is 2. The molecule has 2 aromatic carbocycles. The van der Waals surface area contributed by atoms with Gasteiger partial charge < -0.3 is 10.1 Å². The summed E-state index contributed by atoms with van der Waals surface area (Å²) in [6, 6.07) is 10.1. The Morgan fingerprint density at radius 1 is 1.14 bits per heavy atom. The van der Waals surface area contributed by atoms with Gasteiger partial charge in [0.25, 0.3) is 5.91 Å². The minimum absolute atomic E-state index is 0.0464. The lowest BCUT2D eigenvalue weighted by Crippen LogP contribution is -2.23. The maximum atomic E-state index is 13.0. The van der Waals surface area contributed by atoms with E-state index in [0.717, 1.165) is 23.4 Å². The van der Waals surface area contributed by atoms with Crippen molar-refractivity contribution in [3.63, 3.8) is 0 Å². The van der Waals surface area contributed by atoms with Gasteiger partial charge in [0.1, 0.15) is 5.75 Å². The van der Waals surface area contributed by atoms with Gasteiger partial charge in [-0.2, -0.15) is 0 Å². The third-order valence-electron chi connectivity index (χ3n) is 2.84. The molecule has 0 heterocycles. The topological polar surface area (TPSA) is 38.3 Å². The fourth-order valence-electron chi connectivity index (χ4n) is 1.68. The van der Waals surface area contributed by atoms with Gasteiger partial charge in [-0.25, -0.2) is 8.78 Å². The van der Waals surface area contributed by atoms with E-state index < -0.39 is 17.5 Å². The van der Waals surface area contributed by atoms with Crippen LogP contribution in [-0.4, -0.2) is 19.6 Å². The summed E-state index contributed by atoms with van der Waals surface area (Å²) >= 11 is 0. The summed E-state index contributed by atoms with van der Waals surface area (Å²) in [5.74, 6) is 3.82. The summed E-state index contributed by atoms with van der Waals surface area (Å²) in [7, 11) is 1.58. The first kappa shape index (κ1) is 15.5. The van der Waals surface area contributed by atoms with Crippen molar-refractivity contribution < 1.29 is 18.3 Å². The average molecular weight is 301 g/mol. The van der Waals surface area contributed by atoms with Crippen LogP contribution in [0.5, 0.6) is 5.75 Å². The molecular weight excluding hydrogens is 288 g/mol. The molecule has 5 heteroatoms. The Labute approximate surface area is 126 Å². The predicted octanol–water partition coefficient (Wildman–Crippen LogP) is 2.75. The highest BCUT2D eigenvalue weighted by atomic mass is 19.2. The monoisotopic (exact) mass is 301 g/mol. The molecule has 0 aliphatic carbocycles. The van der Waals surface area contributed by atoms with E-state index in [0.29, 0.717) is 0 Å². The van der Waals surface area contributed by atoms with Crippen LogP contribution in [0.1, 0.15) is 15.9 Å². The van der Waals surface area contributed by atoms with E-state index in [2.05, 4.69) is 17.2 Å². The standard InChI is InChI=1S/C17H13F2NO2/c1-22-14-7-4-12(5-8-14)3-2-10-20-17(21)13-6-9-15(18)16(19)11-13/h4-9,11H,10H2,1H3,(H,20,21). The van der Waals surface area contributed by atoms with Crippen molar-refractivity contribution in [2.75, 3.05) is 13.7 Å². The summed E-state index contributed by atoms with van der Waals surface area (Å²) in [6.07, 6.45) is 0. The maximum Gasteiger partial charge on any atom is 0.252 e. The summed E-state index contributed by atoms with van der Waals surface area (Å²) in [6.45, 7) is 0.101. The van der Waals surface area contributed by atoms with Gasteiger partial charge in [0.15, 0.2) is 11.6 Å². The van der Waals surface area contributed by atoms with Gasteiger partial charge in [-0.3, -0.25) is 4.79 Å². The molecule has 0 unspecified atom stereocenters. The highest BCUT2D eigenvalue weighted by Gasteiger charge is 2.08. The highest BCUT2D eigenvalue weighted by molar-refractivity contribution is 5.94. The molecule has 0 atom stereocenters. The van der Waals surface area contributed by atoms with Crippen molar-refractivity contribution in [1.82, 2.24) is 5.32 Å². The van der Waals surface area contributed by atoms with Crippen molar-refractivity contribution in [1.29, 1.82) is 0 Å². The molecule has 1 N–H and O–H groups in total. The van der Waals surface area contributed by atoms with E-state index in [-0.39, 0.29) is 12.1 Å². The Balaban J connectivity index is 1.91. The van der Waals surface area contributed by atoms with Crippen LogP contribution >= 0.6 is 0 Å². The molecule has 0 aliphatic rings. The second-order valence-corrected chi connectivity index (χ2v) is 4.34. The molecule has 2 rings (SSSR count). The van der Waals surface area contributed by atoms with Crippen LogP contribution < -0.4 is 10.1 Å². The van der Waals surface area contributed by atoms with E-state index >= 15 is 0 Å². The summed E-state index contributed by atoms with van der Waals surface area (Å²) < 4.78 is 30.8. The van der Waals surface area contributed by atoms with Crippen LogP contribution in [0.15, 0.2) is 42.5 Å². The lowest BCUT2D eigenvalue weighted by Gasteiger charge is -2.02. The molecule has 3 nitrogen and oxygen atoms in total. The number of ether oxygens (including phenoxy) is 1. The largest absolute Gasteiger partial charge is 0.497 e. The average Bonchev–Trinajstić information content (AvgIpc) is 2.54. The molecule has 0 saturated carbocycles. The van der Waals surface area contributed by atoms with Crippen LogP contribution in [0.4, 0.5) is 8.78 Å². The van der Waals surface area contributed by atoms with E-state index in [9.17, 15) is 13.6 Å². The first-order valence-electron chi connectivity index (χ1n) is 6.46. The van der Waals surface area contributed by atoms with E-state index in [1.54, 1.807) is 31.4 Å². The lowest BCUT2D eigenvalue weighted by molar-refractivity contribution is 0.0958. The Kier molecular flexibility index (Phi) is 5.10. The molecule has 0 aliphatic heterocycles. The van der Waals surface area contributed by atoms with Gasteiger partial charge in [-0.05, 0) is 42.5 Å². The smallest absolute Gasteiger partial charge is 0.252 e. The zero-order chi connectivity index (χ0) is 15.9. The number of rotatable bonds is 3. The number of carbonyl (C=O) groups is 1. The Hall–Kier alpha value is -2.87. The van der Waals surface area contributed by atoms with Crippen LogP contribution in [0.3, 0.4) is 0 Å². The number of methoxy groups -OCH3 is 1. The summed E-state index contributed by atoms with van der Waals surface area (Å²) in [5.41, 5.74) is 0.827. The second-order valence-electron chi connectivity index (χ2n) is 4.34. The molecule has 2 aromatic rings. The quantitative estimate of drug-likeness (QED) is 0.885. The molecule has 112 valence electrons. The van der Waals surface area contributed by atoms with Crippen LogP contribution in [0, 0.1) is 23.5 Å². The third kappa shape index (κ3) is 4.06. The number of hydrogen-bond acceptors (Lipinski definition) is 2. The molecule has 0 aromatic heterocycles. The van der Waals surface area contributed by atoms with Crippen molar-refractivity contribution in [2.45, 2.75) is 0 Å². The number of nitrogens with one attached hydrogen (secondary N) is 1. The van der Waals surface area contributed by atoms with E-state index in [1.807, 2.05) is 0 Å². The maximum absolute atomic E-state index is 13.0. The minimum atomic E-state index is -1.06. The lowest BCUT2D eigenvalue weighted by atomic mass is 10.2. The Morgan fingerprint density at radius 3 is 2.50 bits per heavy atom. The fraction of sp³-hybridized carbons (Fsp3) is 0.118. The highest BCUT2D eigenvalue weighted by Crippen LogP contribution is 2.10. The first-order chi connectivity index (χ1) is 10.6. The summed E-state index contributed by atoms with van der Waals surface area (Å²) in [5, 5.41) is 2.51. The van der Waals surface area contributed by atoms with Gasteiger partial charge >= 0.3 is 0 Å². The van der Waals surface area contributed by atoms with E-state index in [1.165, 1.54) is 6.07 Å². The number of carbonyl (C=O) groups excluding carboxylic acids is 1. The minimum Gasteiger partial charge on any atom is -0.497 e. The van der Waals surface area contributed by atoms with Gasteiger partial charge in [0.05, 0.1) is 13.7 Å². The van der Waals surface area contributed by atoms with Gasteiger partial charge in [0, 0.05) is 11.1 Å². The van der Waals surface area contributed by atoms with Crippen molar-refractivity contribution >= 4 is 5.91 Å². The molecule has 0 spiro atoms. The van der Waals surface area contributed by atoms with Crippen molar-refractivity contribution in [2.24, 2.45) is 0 Å². The van der Waals surface area contributed by atoms with Gasteiger partial charge in [-0.1, -0.05) is 11.8 Å². The molecule has 0 saturated heterocycles. The first-order valence-corrected chi connectivity index (χ1v) is 6.46. The second kappa shape index (κ2) is 7.23. The van der Waals surface area contributed by atoms with E-state index in [4.69, 9.17) is 4.74 Å². The number of hydrogen-bond donors (Lipinski definition) is 1. The van der Waals surface area contributed by atoms with Crippen LogP contribution in [0.25, 0.3) is 0 Å². The number of benzene rings is 2. The van der Waals surface area contributed by atoms with Gasteiger partial charge in [-0.15, -0.1) is 0 Å². The molecule has 0 radical (unpaired) electrons. The fourth-order valence-corrected chi connectivity index (χ4v) is 1.68. The molecular formula is C17H13F2NO2. The normalized spacial score (nSPS) is 9.59. The Bertz CT molecular complexity index is 731. The SMILES string of the molecule is COc1ccc(C#CCNC(=O)c2ccc(F)c(F)c2)cc1. The van der Waals surface area contributed by atoms with Crippen molar-refractivity contribution in [3.05, 3.63) is 65.2 Å². The summed E-state index contributed by atoms with van der Waals surface area (Å²) in [4.78, 5) is 11.7. The molecule has 22 heavy (non-hydrogen) atoms.